The van der Waals surface area contributed by atoms with Gasteiger partial charge in [0.05, 0.1) is 6.54 Å². The van der Waals surface area contributed by atoms with Crippen LogP contribution in [-0.2, 0) is 6.54 Å². The zero-order valence-corrected chi connectivity index (χ0v) is 9.93. The Balaban J connectivity index is 2.09. The van der Waals surface area contributed by atoms with Crippen LogP contribution in [0.3, 0.4) is 0 Å². The van der Waals surface area contributed by atoms with E-state index in [1.807, 2.05) is 36.5 Å². The van der Waals surface area contributed by atoms with Crippen molar-refractivity contribution in [2.75, 3.05) is 27.2 Å². The molecule has 0 atom stereocenters. The lowest BCUT2D eigenvalue weighted by molar-refractivity contribution is 0.239. The average molecular weight is 227 g/mol. The summed E-state index contributed by atoms with van der Waals surface area (Å²) in [5.74, 6) is 0. The number of hydrogen-bond donors (Lipinski definition) is 2. The summed E-state index contributed by atoms with van der Waals surface area (Å²) in [5, 5.41) is 7.59. The summed E-state index contributed by atoms with van der Waals surface area (Å²) >= 11 is 1.64. The number of likely N-dealkylation sites (N-methyl/N-ethyl adjacent to an activating group) is 1. The van der Waals surface area contributed by atoms with Gasteiger partial charge in [0, 0.05) is 18.0 Å². The van der Waals surface area contributed by atoms with Gasteiger partial charge < -0.3 is 15.5 Å². The number of nitrogens with one attached hydrogen (secondary N) is 2. The average Bonchev–Trinajstić information content (AvgIpc) is 2.66. The molecular formula is C10H17N3OS. The number of carbonyl (C=O) groups is 1. The fourth-order valence-electron chi connectivity index (χ4n) is 1.04. The highest BCUT2D eigenvalue weighted by Crippen LogP contribution is 2.06. The molecule has 1 heterocycles. The highest BCUT2D eigenvalue weighted by atomic mass is 32.1. The highest BCUT2D eigenvalue weighted by molar-refractivity contribution is 7.09. The van der Waals surface area contributed by atoms with E-state index < -0.39 is 0 Å². The molecule has 2 amide bonds. The number of rotatable bonds is 5. The number of carbonyl (C=O) groups excluding carboxylic acids is 1. The minimum absolute atomic E-state index is 0.106. The molecule has 15 heavy (non-hydrogen) atoms. The summed E-state index contributed by atoms with van der Waals surface area (Å²) < 4.78 is 0. The zero-order chi connectivity index (χ0) is 11.1. The number of amides is 2. The lowest BCUT2D eigenvalue weighted by Crippen LogP contribution is -2.38. The Morgan fingerprint density at radius 1 is 1.47 bits per heavy atom. The Morgan fingerprint density at radius 2 is 2.27 bits per heavy atom. The fraction of sp³-hybridized carbons (Fsp3) is 0.500. The molecular weight excluding hydrogens is 210 g/mol. The smallest absolute Gasteiger partial charge is 0.315 e. The third kappa shape index (κ3) is 5.39. The molecule has 0 aromatic carbocycles. The molecule has 0 spiro atoms. The molecule has 0 bridgehead atoms. The highest BCUT2D eigenvalue weighted by Gasteiger charge is 2.00. The molecule has 1 aromatic heterocycles. The number of hydrogen-bond acceptors (Lipinski definition) is 3. The van der Waals surface area contributed by atoms with Gasteiger partial charge in [0.1, 0.15) is 0 Å². The van der Waals surface area contributed by atoms with Gasteiger partial charge in [-0.2, -0.15) is 0 Å². The first kappa shape index (κ1) is 12.0. The second kappa shape index (κ2) is 6.42. The Kier molecular flexibility index (Phi) is 5.14. The molecule has 4 nitrogen and oxygen atoms in total. The maximum atomic E-state index is 11.3. The van der Waals surface area contributed by atoms with Gasteiger partial charge in [-0.1, -0.05) is 6.07 Å². The van der Waals surface area contributed by atoms with E-state index in [1.165, 1.54) is 0 Å². The molecule has 0 aliphatic rings. The van der Waals surface area contributed by atoms with Crippen molar-refractivity contribution in [3.63, 3.8) is 0 Å². The molecule has 5 heteroatoms. The zero-order valence-electron chi connectivity index (χ0n) is 9.12. The first-order chi connectivity index (χ1) is 7.18. The van der Waals surface area contributed by atoms with E-state index in [9.17, 15) is 4.79 Å². The molecule has 0 saturated carbocycles. The normalized spacial score (nSPS) is 10.3. The van der Waals surface area contributed by atoms with E-state index in [0.29, 0.717) is 13.1 Å². The summed E-state index contributed by atoms with van der Waals surface area (Å²) in [5.41, 5.74) is 0. The van der Waals surface area contributed by atoms with Crippen LogP contribution < -0.4 is 10.6 Å². The second-order valence-corrected chi connectivity index (χ2v) is 4.52. The van der Waals surface area contributed by atoms with Gasteiger partial charge in [0.15, 0.2) is 0 Å². The van der Waals surface area contributed by atoms with Crippen LogP contribution in [0.15, 0.2) is 17.5 Å². The van der Waals surface area contributed by atoms with Crippen LogP contribution in [0.2, 0.25) is 0 Å². The number of thiophene rings is 1. The third-order valence-electron chi connectivity index (χ3n) is 1.85. The molecule has 84 valence electrons. The molecule has 0 fully saturated rings. The van der Waals surface area contributed by atoms with Crippen LogP contribution in [0.25, 0.3) is 0 Å². The molecule has 0 aliphatic heterocycles. The fourth-order valence-corrected chi connectivity index (χ4v) is 1.68. The number of urea groups is 1. The maximum Gasteiger partial charge on any atom is 0.315 e. The molecule has 0 radical (unpaired) electrons. The Hall–Kier alpha value is -1.07. The standard InChI is InChI=1S/C10H17N3OS/c1-13(2)6-5-11-10(14)12-8-9-4-3-7-15-9/h3-4,7H,5-6,8H2,1-2H3,(H2,11,12,14). The van der Waals surface area contributed by atoms with Crippen molar-refractivity contribution in [3.05, 3.63) is 22.4 Å². The molecule has 0 saturated heterocycles. The van der Waals surface area contributed by atoms with Gasteiger partial charge in [0.2, 0.25) is 0 Å². The summed E-state index contributed by atoms with van der Waals surface area (Å²) in [6.07, 6.45) is 0. The van der Waals surface area contributed by atoms with Crippen LogP contribution in [0.1, 0.15) is 4.88 Å². The first-order valence-electron chi connectivity index (χ1n) is 4.87. The Morgan fingerprint density at radius 3 is 2.87 bits per heavy atom. The lowest BCUT2D eigenvalue weighted by atomic mass is 10.5. The third-order valence-corrected chi connectivity index (χ3v) is 2.72. The van der Waals surface area contributed by atoms with E-state index in [1.54, 1.807) is 11.3 Å². The van der Waals surface area contributed by atoms with E-state index in [-0.39, 0.29) is 6.03 Å². The molecule has 0 unspecified atom stereocenters. The van der Waals surface area contributed by atoms with Crippen LogP contribution in [0, 0.1) is 0 Å². The van der Waals surface area contributed by atoms with Crippen LogP contribution >= 0.6 is 11.3 Å². The summed E-state index contributed by atoms with van der Waals surface area (Å²) in [7, 11) is 3.95. The number of nitrogens with zero attached hydrogens (tertiary/aromatic N) is 1. The van der Waals surface area contributed by atoms with Crippen molar-refractivity contribution in [1.82, 2.24) is 15.5 Å². The molecule has 1 rings (SSSR count). The van der Waals surface area contributed by atoms with Gasteiger partial charge in [0.25, 0.3) is 0 Å². The van der Waals surface area contributed by atoms with Gasteiger partial charge in [-0.25, -0.2) is 4.79 Å². The summed E-state index contributed by atoms with van der Waals surface area (Å²) in [6.45, 7) is 2.13. The minimum Gasteiger partial charge on any atom is -0.337 e. The summed E-state index contributed by atoms with van der Waals surface area (Å²) in [4.78, 5) is 14.5. The predicted octanol–water partition coefficient (Wildman–Crippen LogP) is 1.11. The van der Waals surface area contributed by atoms with Crippen molar-refractivity contribution in [3.8, 4) is 0 Å². The Labute approximate surface area is 94.3 Å². The van der Waals surface area contributed by atoms with E-state index in [0.717, 1.165) is 11.4 Å². The topological polar surface area (TPSA) is 44.4 Å². The van der Waals surface area contributed by atoms with E-state index >= 15 is 0 Å². The van der Waals surface area contributed by atoms with Crippen molar-refractivity contribution in [2.24, 2.45) is 0 Å². The Bertz CT molecular complexity index is 285. The van der Waals surface area contributed by atoms with Crippen molar-refractivity contribution in [1.29, 1.82) is 0 Å². The predicted molar refractivity (Wildman–Crippen MR) is 63.1 cm³/mol. The molecule has 0 aliphatic carbocycles. The molecule has 1 aromatic rings. The quantitative estimate of drug-likeness (QED) is 0.791. The maximum absolute atomic E-state index is 11.3. The van der Waals surface area contributed by atoms with Gasteiger partial charge in [-0.3, -0.25) is 0 Å². The monoisotopic (exact) mass is 227 g/mol. The largest absolute Gasteiger partial charge is 0.337 e. The van der Waals surface area contributed by atoms with Crippen LogP contribution in [0.4, 0.5) is 4.79 Å². The van der Waals surface area contributed by atoms with Gasteiger partial charge >= 0.3 is 6.03 Å². The second-order valence-electron chi connectivity index (χ2n) is 3.49. The van der Waals surface area contributed by atoms with Crippen molar-refractivity contribution in [2.45, 2.75) is 6.54 Å². The SMILES string of the molecule is CN(C)CCNC(=O)NCc1cccs1. The van der Waals surface area contributed by atoms with Crippen LogP contribution in [-0.4, -0.2) is 38.1 Å². The van der Waals surface area contributed by atoms with Crippen LogP contribution in [0.5, 0.6) is 0 Å². The first-order valence-corrected chi connectivity index (χ1v) is 5.75. The minimum atomic E-state index is -0.106. The molecule has 2 N–H and O–H groups in total. The summed E-state index contributed by atoms with van der Waals surface area (Å²) in [6, 6.07) is 3.88. The van der Waals surface area contributed by atoms with E-state index in [2.05, 4.69) is 10.6 Å². The van der Waals surface area contributed by atoms with Crippen molar-refractivity contribution < 1.29 is 4.79 Å². The van der Waals surface area contributed by atoms with Crippen molar-refractivity contribution >= 4 is 17.4 Å². The van der Waals surface area contributed by atoms with Gasteiger partial charge in [-0.05, 0) is 25.5 Å². The lowest BCUT2D eigenvalue weighted by Gasteiger charge is -2.10. The van der Waals surface area contributed by atoms with Gasteiger partial charge in [-0.15, -0.1) is 11.3 Å². The van der Waals surface area contributed by atoms with E-state index in [4.69, 9.17) is 0 Å².